The zero-order valence-electron chi connectivity index (χ0n) is 13.2. The van der Waals surface area contributed by atoms with Gasteiger partial charge < -0.3 is 0 Å². The Kier molecular flexibility index (Phi) is 4.28. The van der Waals surface area contributed by atoms with E-state index in [0.29, 0.717) is 18.2 Å². The summed E-state index contributed by atoms with van der Waals surface area (Å²) >= 11 is 0. The van der Waals surface area contributed by atoms with Crippen LogP contribution >= 0.6 is 0 Å². The topological polar surface area (TPSA) is 60.7 Å². The van der Waals surface area contributed by atoms with Crippen LogP contribution in [0.4, 0.5) is 0 Å². The molecule has 3 rings (SSSR count). The molecular formula is C18H18N4O. The first-order valence-electron chi connectivity index (χ1n) is 7.57. The van der Waals surface area contributed by atoms with Crippen LogP contribution < -0.4 is 0 Å². The second-order valence-electron chi connectivity index (χ2n) is 5.73. The van der Waals surface area contributed by atoms with Crippen molar-refractivity contribution in [3.63, 3.8) is 0 Å². The van der Waals surface area contributed by atoms with Gasteiger partial charge in [0.1, 0.15) is 0 Å². The molecule has 0 aliphatic rings. The van der Waals surface area contributed by atoms with E-state index in [1.807, 2.05) is 12.1 Å². The van der Waals surface area contributed by atoms with Gasteiger partial charge in [0.25, 0.3) is 0 Å². The van der Waals surface area contributed by atoms with E-state index in [4.69, 9.17) is 0 Å². The molecule has 116 valence electrons. The average molecular weight is 306 g/mol. The van der Waals surface area contributed by atoms with Crippen LogP contribution in [0.3, 0.4) is 0 Å². The van der Waals surface area contributed by atoms with Gasteiger partial charge in [-0.3, -0.25) is 9.78 Å². The number of rotatable bonds is 5. The Balaban J connectivity index is 1.94. The van der Waals surface area contributed by atoms with Gasteiger partial charge in [0.05, 0.1) is 12.2 Å². The minimum Gasteiger partial charge on any atom is -0.296 e. The summed E-state index contributed by atoms with van der Waals surface area (Å²) in [4.78, 5) is 15.3. The Hall–Kier alpha value is -2.82. The standard InChI is InChI=1S/C18H18N4O/c1-13(2)15-5-3-14(4-6-15)11-22-18(17(12-23)20-21-22)16-7-9-19-10-8-16/h3-10,12-13H,11H2,1-2H3. The quantitative estimate of drug-likeness (QED) is 0.678. The van der Waals surface area contributed by atoms with Crippen LogP contribution in [0.15, 0.2) is 48.8 Å². The van der Waals surface area contributed by atoms with Crippen molar-refractivity contribution in [3.05, 3.63) is 65.6 Å². The van der Waals surface area contributed by atoms with Crippen molar-refractivity contribution in [2.45, 2.75) is 26.3 Å². The summed E-state index contributed by atoms with van der Waals surface area (Å²) in [5.41, 5.74) is 4.36. The summed E-state index contributed by atoms with van der Waals surface area (Å²) in [5, 5.41) is 8.11. The fourth-order valence-electron chi connectivity index (χ4n) is 2.50. The lowest BCUT2D eigenvalue weighted by molar-refractivity contribution is 0.111. The van der Waals surface area contributed by atoms with Crippen LogP contribution in [0, 0.1) is 0 Å². The van der Waals surface area contributed by atoms with E-state index < -0.39 is 0 Å². The predicted octanol–water partition coefficient (Wildman–Crippen LogP) is 3.32. The summed E-state index contributed by atoms with van der Waals surface area (Å²) in [7, 11) is 0. The van der Waals surface area contributed by atoms with Crippen molar-refractivity contribution in [2.75, 3.05) is 0 Å². The van der Waals surface area contributed by atoms with Crippen molar-refractivity contribution in [1.82, 2.24) is 20.0 Å². The Morgan fingerprint density at radius 2 is 1.78 bits per heavy atom. The van der Waals surface area contributed by atoms with Gasteiger partial charge in [-0.1, -0.05) is 43.3 Å². The number of carbonyl (C=O) groups excluding carboxylic acids is 1. The monoisotopic (exact) mass is 306 g/mol. The molecular weight excluding hydrogens is 288 g/mol. The first-order chi connectivity index (χ1) is 11.2. The maximum Gasteiger partial charge on any atom is 0.172 e. The first kappa shape index (κ1) is 15.1. The van der Waals surface area contributed by atoms with Crippen molar-refractivity contribution in [3.8, 4) is 11.3 Å². The highest BCUT2D eigenvalue weighted by molar-refractivity contribution is 5.83. The zero-order valence-corrected chi connectivity index (χ0v) is 13.2. The normalized spacial score (nSPS) is 10.9. The Morgan fingerprint density at radius 1 is 1.09 bits per heavy atom. The lowest BCUT2D eigenvalue weighted by Gasteiger charge is -2.09. The fourth-order valence-corrected chi connectivity index (χ4v) is 2.50. The second kappa shape index (κ2) is 6.52. The van der Waals surface area contributed by atoms with Crippen LogP contribution in [-0.2, 0) is 6.54 Å². The number of carbonyl (C=O) groups is 1. The predicted molar refractivity (Wildman–Crippen MR) is 88.3 cm³/mol. The lowest BCUT2D eigenvalue weighted by atomic mass is 10.0. The maximum absolute atomic E-state index is 11.3. The second-order valence-corrected chi connectivity index (χ2v) is 5.73. The van der Waals surface area contributed by atoms with E-state index in [0.717, 1.165) is 23.1 Å². The van der Waals surface area contributed by atoms with E-state index in [2.05, 4.69) is 53.4 Å². The van der Waals surface area contributed by atoms with E-state index >= 15 is 0 Å². The first-order valence-corrected chi connectivity index (χ1v) is 7.57. The number of hydrogen-bond acceptors (Lipinski definition) is 4. The van der Waals surface area contributed by atoms with Crippen LogP contribution in [0.25, 0.3) is 11.3 Å². The summed E-state index contributed by atoms with van der Waals surface area (Å²) in [6.45, 7) is 4.91. The molecule has 0 aliphatic carbocycles. The maximum atomic E-state index is 11.3. The molecule has 1 aromatic carbocycles. The average Bonchev–Trinajstić information content (AvgIpc) is 2.99. The lowest BCUT2D eigenvalue weighted by Crippen LogP contribution is -2.05. The molecule has 0 fully saturated rings. The van der Waals surface area contributed by atoms with Crippen molar-refractivity contribution < 1.29 is 4.79 Å². The highest BCUT2D eigenvalue weighted by Gasteiger charge is 2.14. The number of aromatic nitrogens is 4. The number of aldehydes is 1. The van der Waals surface area contributed by atoms with Crippen LogP contribution in [0.5, 0.6) is 0 Å². The summed E-state index contributed by atoms with van der Waals surface area (Å²) in [6, 6.07) is 12.1. The summed E-state index contributed by atoms with van der Waals surface area (Å²) in [6.07, 6.45) is 4.12. The van der Waals surface area contributed by atoms with E-state index in [1.165, 1.54) is 5.56 Å². The minimum atomic E-state index is 0.343. The molecule has 0 saturated carbocycles. The number of benzene rings is 1. The molecule has 0 spiro atoms. The molecule has 2 aromatic heterocycles. The van der Waals surface area contributed by atoms with Gasteiger partial charge in [-0.05, 0) is 29.2 Å². The van der Waals surface area contributed by atoms with E-state index in [1.54, 1.807) is 17.1 Å². The molecule has 0 saturated heterocycles. The molecule has 0 aliphatic heterocycles. The third-order valence-corrected chi connectivity index (χ3v) is 3.81. The number of hydrogen-bond donors (Lipinski definition) is 0. The summed E-state index contributed by atoms with van der Waals surface area (Å²) < 4.78 is 1.75. The van der Waals surface area contributed by atoms with Crippen LogP contribution in [-0.4, -0.2) is 26.3 Å². The largest absolute Gasteiger partial charge is 0.296 e. The third-order valence-electron chi connectivity index (χ3n) is 3.81. The highest BCUT2D eigenvalue weighted by Crippen LogP contribution is 2.22. The zero-order chi connectivity index (χ0) is 16.2. The third kappa shape index (κ3) is 3.18. The van der Waals surface area contributed by atoms with Gasteiger partial charge in [-0.25, -0.2) is 4.68 Å². The van der Waals surface area contributed by atoms with Gasteiger partial charge in [0.15, 0.2) is 12.0 Å². The molecule has 0 unspecified atom stereocenters. The van der Waals surface area contributed by atoms with Crippen molar-refractivity contribution >= 4 is 6.29 Å². The number of nitrogens with zero attached hydrogens (tertiary/aromatic N) is 4. The van der Waals surface area contributed by atoms with Gasteiger partial charge in [0, 0.05) is 18.0 Å². The van der Waals surface area contributed by atoms with Crippen molar-refractivity contribution in [1.29, 1.82) is 0 Å². The molecule has 5 nitrogen and oxygen atoms in total. The smallest absolute Gasteiger partial charge is 0.172 e. The Bertz CT molecular complexity index is 792. The van der Waals surface area contributed by atoms with E-state index in [-0.39, 0.29) is 0 Å². The van der Waals surface area contributed by atoms with Crippen LogP contribution in [0.2, 0.25) is 0 Å². The molecule has 0 radical (unpaired) electrons. The summed E-state index contributed by atoms with van der Waals surface area (Å²) in [5.74, 6) is 0.504. The molecule has 0 bridgehead atoms. The van der Waals surface area contributed by atoms with Gasteiger partial charge in [-0.15, -0.1) is 5.10 Å². The Morgan fingerprint density at radius 3 is 2.39 bits per heavy atom. The molecule has 3 aromatic rings. The molecule has 0 atom stereocenters. The molecule has 2 heterocycles. The van der Waals surface area contributed by atoms with Gasteiger partial charge in [-0.2, -0.15) is 0 Å². The fraction of sp³-hybridized carbons (Fsp3) is 0.222. The van der Waals surface area contributed by atoms with Crippen LogP contribution in [0.1, 0.15) is 41.4 Å². The molecule has 0 amide bonds. The number of pyridine rings is 1. The van der Waals surface area contributed by atoms with Gasteiger partial charge >= 0.3 is 0 Å². The molecule has 0 N–H and O–H groups in total. The minimum absolute atomic E-state index is 0.343. The SMILES string of the molecule is CC(C)c1ccc(Cn2nnc(C=O)c2-c2ccncc2)cc1. The Labute approximate surface area is 135 Å². The van der Waals surface area contributed by atoms with Crippen molar-refractivity contribution in [2.24, 2.45) is 0 Å². The molecule has 5 heteroatoms. The molecule has 23 heavy (non-hydrogen) atoms. The van der Waals surface area contributed by atoms with Gasteiger partial charge in [0.2, 0.25) is 0 Å². The highest BCUT2D eigenvalue weighted by atomic mass is 16.1. The van der Waals surface area contributed by atoms with E-state index in [9.17, 15) is 4.79 Å².